The van der Waals surface area contributed by atoms with Crippen LogP contribution < -0.4 is 10.2 Å². The second-order valence-electron chi connectivity index (χ2n) is 8.91. The number of carbonyl (C=O) groups excluding carboxylic acids is 4. The number of piperazine rings is 1. The SMILES string of the molecule is C=C/C=C\C(NC(=O)c1ccc(Cl)s1)=C(\C(=O)N(C)CC(=O)N1CCN(c2ccc(F)cc2)CC1)C(C)C=O. The highest BCUT2D eigenvalue weighted by Gasteiger charge is 2.28. The first-order valence-corrected chi connectivity index (χ1v) is 13.4. The third-order valence-electron chi connectivity index (χ3n) is 6.17. The summed E-state index contributed by atoms with van der Waals surface area (Å²) in [6, 6.07) is 9.34. The van der Waals surface area contributed by atoms with Gasteiger partial charge in [0.1, 0.15) is 12.1 Å². The van der Waals surface area contributed by atoms with E-state index in [-0.39, 0.29) is 29.5 Å². The van der Waals surface area contributed by atoms with Crippen LogP contribution in [0.5, 0.6) is 0 Å². The van der Waals surface area contributed by atoms with Crippen LogP contribution in [0.2, 0.25) is 4.34 Å². The molecule has 2 heterocycles. The summed E-state index contributed by atoms with van der Waals surface area (Å²) < 4.78 is 13.7. The molecule has 1 aliphatic rings. The molecule has 0 spiro atoms. The number of aldehydes is 1. The zero-order chi connectivity index (χ0) is 28.5. The van der Waals surface area contributed by atoms with Crippen LogP contribution in [0.4, 0.5) is 10.1 Å². The third kappa shape index (κ3) is 7.87. The van der Waals surface area contributed by atoms with E-state index < -0.39 is 17.7 Å². The molecule has 3 amide bonds. The number of amides is 3. The molecule has 1 fully saturated rings. The molecule has 11 heteroatoms. The number of nitrogens with one attached hydrogen (secondary N) is 1. The van der Waals surface area contributed by atoms with E-state index in [0.717, 1.165) is 17.0 Å². The molecular formula is C28H30ClFN4O4S. The predicted octanol–water partition coefficient (Wildman–Crippen LogP) is 3.91. The summed E-state index contributed by atoms with van der Waals surface area (Å²) in [5.41, 5.74) is 1.04. The highest BCUT2D eigenvalue weighted by Crippen LogP contribution is 2.23. The number of benzene rings is 1. The second kappa shape index (κ2) is 13.9. The van der Waals surface area contributed by atoms with Crippen LogP contribution in [0.1, 0.15) is 16.6 Å². The fourth-order valence-corrected chi connectivity index (χ4v) is 4.99. The highest BCUT2D eigenvalue weighted by atomic mass is 35.5. The summed E-state index contributed by atoms with van der Waals surface area (Å²) >= 11 is 7.03. The molecule has 0 radical (unpaired) electrons. The van der Waals surface area contributed by atoms with E-state index in [1.165, 1.54) is 42.3 Å². The van der Waals surface area contributed by atoms with Gasteiger partial charge in [0.2, 0.25) is 5.91 Å². The molecule has 1 unspecified atom stereocenters. The van der Waals surface area contributed by atoms with Crippen molar-refractivity contribution in [3.05, 3.63) is 87.5 Å². The number of carbonyl (C=O) groups is 4. The number of allylic oxidation sites excluding steroid dienone is 3. The molecule has 0 bridgehead atoms. The van der Waals surface area contributed by atoms with Crippen molar-refractivity contribution in [2.75, 3.05) is 44.7 Å². The normalized spacial score (nSPS) is 15.0. The van der Waals surface area contributed by atoms with Crippen molar-refractivity contribution >= 4 is 52.6 Å². The first-order chi connectivity index (χ1) is 18.6. The number of rotatable bonds is 10. The average molecular weight is 573 g/mol. The molecule has 3 rings (SSSR count). The molecule has 1 aromatic heterocycles. The Labute approximate surface area is 236 Å². The van der Waals surface area contributed by atoms with Crippen molar-refractivity contribution in [3.8, 4) is 0 Å². The Kier molecular flexibility index (Phi) is 10.6. The zero-order valence-electron chi connectivity index (χ0n) is 21.7. The van der Waals surface area contributed by atoms with Gasteiger partial charge in [0.15, 0.2) is 0 Å². The van der Waals surface area contributed by atoms with Gasteiger partial charge >= 0.3 is 0 Å². The topological polar surface area (TPSA) is 90.0 Å². The Hall–Kier alpha value is -3.76. The van der Waals surface area contributed by atoms with Gasteiger partial charge in [0.05, 0.1) is 27.0 Å². The standard InChI is InChI=1S/C28H30ClFN4O4S/c1-4-5-6-22(31-27(37)23-11-12-24(29)39-23)26(19(2)18-35)28(38)32(3)17-25(36)34-15-13-33(14-16-34)21-9-7-20(30)8-10-21/h4-12,18-19H,1,13-17H2,2-3H3,(H,31,37)/b6-5-,26-22-. The van der Waals surface area contributed by atoms with Gasteiger partial charge in [-0.3, -0.25) is 14.4 Å². The van der Waals surface area contributed by atoms with Gasteiger partial charge in [-0.05, 0) is 42.5 Å². The number of anilines is 1. The molecule has 1 aromatic carbocycles. The lowest BCUT2D eigenvalue weighted by atomic mass is 9.98. The Morgan fingerprint density at radius 2 is 1.82 bits per heavy atom. The lowest BCUT2D eigenvalue weighted by Gasteiger charge is -2.36. The quantitative estimate of drug-likeness (QED) is 0.265. The number of likely N-dealkylation sites (N-methyl/N-ethyl adjacent to an activating group) is 1. The first-order valence-electron chi connectivity index (χ1n) is 12.2. The largest absolute Gasteiger partial charge is 0.368 e. The molecule has 8 nitrogen and oxygen atoms in total. The lowest BCUT2D eigenvalue weighted by molar-refractivity contribution is -0.138. The van der Waals surface area contributed by atoms with Crippen LogP contribution in [0.25, 0.3) is 0 Å². The third-order valence-corrected chi connectivity index (χ3v) is 7.40. The van der Waals surface area contributed by atoms with Crippen molar-refractivity contribution < 1.29 is 23.6 Å². The number of hydrogen-bond acceptors (Lipinski definition) is 6. The molecule has 0 saturated carbocycles. The fourth-order valence-electron chi connectivity index (χ4n) is 4.05. The van der Waals surface area contributed by atoms with Crippen LogP contribution >= 0.6 is 22.9 Å². The minimum absolute atomic E-state index is 0.0375. The van der Waals surface area contributed by atoms with Gasteiger partial charge in [0.25, 0.3) is 11.8 Å². The maximum atomic E-state index is 13.5. The average Bonchev–Trinajstić information content (AvgIpc) is 3.38. The molecule has 206 valence electrons. The monoisotopic (exact) mass is 572 g/mol. The first kappa shape index (κ1) is 29.8. The van der Waals surface area contributed by atoms with Crippen LogP contribution in [0.15, 0.2) is 72.5 Å². The summed E-state index contributed by atoms with van der Waals surface area (Å²) in [5, 5.41) is 2.70. The van der Waals surface area contributed by atoms with E-state index in [2.05, 4.69) is 16.8 Å². The van der Waals surface area contributed by atoms with E-state index >= 15 is 0 Å². The van der Waals surface area contributed by atoms with Crippen molar-refractivity contribution in [2.45, 2.75) is 6.92 Å². The zero-order valence-corrected chi connectivity index (χ0v) is 23.3. The predicted molar refractivity (Wildman–Crippen MR) is 151 cm³/mol. The minimum Gasteiger partial charge on any atom is -0.368 e. The second-order valence-corrected chi connectivity index (χ2v) is 10.6. The number of thiophene rings is 1. The Bertz CT molecular complexity index is 1280. The Morgan fingerprint density at radius 1 is 1.15 bits per heavy atom. The number of nitrogens with zero attached hydrogens (tertiary/aromatic N) is 3. The van der Waals surface area contributed by atoms with E-state index in [4.69, 9.17) is 11.6 Å². The van der Waals surface area contributed by atoms with Crippen LogP contribution in [0, 0.1) is 11.7 Å². The van der Waals surface area contributed by atoms with Crippen LogP contribution in [-0.4, -0.2) is 73.6 Å². The van der Waals surface area contributed by atoms with Crippen molar-refractivity contribution in [2.24, 2.45) is 5.92 Å². The Balaban J connectivity index is 1.74. The van der Waals surface area contributed by atoms with E-state index in [9.17, 15) is 23.6 Å². The molecule has 39 heavy (non-hydrogen) atoms. The van der Waals surface area contributed by atoms with E-state index in [1.54, 1.807) is 36.1 Å². The maximum Gasteiger partial charge on any atom is 0.265 e. The van der Waals surface area contributed by atoms with Crippen LogP contribution in [0.3, 0.4) is 0 Å². The maximum absolute atomic E-state index is 13.5. The van der Waals surface area contributed by atoms with Gasteiger partial charge in [-0.15, -0.1) is 11.3 Å². The molecule has 2 aromatic rings. The fraction of sp³-hybridized carbons (Fsp3) is 0.286. The van der Waals surface area contributed by atoms with E-state index in [0.29, 0.717) is 41.7 Å². The molecular weight excluding hydrogens is 543 g/mol. The molecule has 1 saturated heterocycles. The smallest absolute Gasteiger partial charge is 0.265 e. The Morgan fingerprint density at radius 3 is 2.38 bits per heavy atom. The van der Waals surface area contributed by atoms with E-state index in [1.807, 2.05) is 0 Å². The highest BCUT2D eigenvalue weighted by molar-refractivity contribution is 7.18. The van der Waals surface area contributed by atoms with Gasteiger partial charge in [-0.25, -0.2) is 4.39 Å². The molecule has 1 aliphatic heterocycles. The molecule has 0 aliphatic carbocycles. The number of hydrogen-bond donors (Lipinski definition) is 1. The number of halogens is 2. The summed E-state index contributed by atoms with van der Waals surface area (Å²) in [4.78, 5) is 56.4. The van der Waals surface area contributed by atoms with Gasteiger partial charge in [0, 0.05) is 44.8 Å². The molecule has 1 atom stereocenters. The summed E-state index contributed by atoms with van der Waals surface area (Å²) in [6.45, 7) is 6.98. The summed E-state index contributed by atoms with van der Waals surface area (Å²) in [6.07, 6.45) is 5.10. The van der Waals surface area contributed by atoms with Gasteiger partial charge < -0.3 is 24.8 Å². The van der Waals surface area contributed by atoms with Crippen molar-refractivity contribution in [1.82, 2.24) is 15.1 Å². The molecule has 1 N–H and O–H groups in total. The summed E-state index contributed by atoms with van der Waals surface area (Å²) in [5.74, 6) is -2.48. The van der Waals surface area contributed by atoms with Crippen molar-refractivity contribution in [3.63, 3.8) is 0 Å². The lowest BCUT2D eigenvalue weighted by Crippen LogP contribution is -2.51. The van der Waals surface area contributed by atoms with Crippen molar-refractivity contribution in [1.29, 1.82) is 0 Å². The van der Waals surface area contributed by atoms with Gasteiger partial charge in [-0.1, -0.05) is 37.3 Å². The minimum atomic E-state index is -0.869. The van der Waals surface area contributed by atoms with Crippen LogP contribution in [-0.2, 0) is 14.4 Å². The van der Waals surface area contributed by atoms with Gasteiger partial charge in [-0.2, -0.15) is 0 Å². The summed E-state index contributed by atoms with van der Waals surface area (Å²) in [7, 11) is 1.47.